The van der Waals surface area contributed by atoms with Gasteiger partial charge in [-0.05, 0) is 45.4 Å². The highest BCUT2D eigenvalue weighted by molar-refractivity contribution is 5.85. The van der Waals surface area contributed by atoms with Crippen LogP contribution in [-0.2, 0) is 12.7 Å². The van der Waals surface area contributed by atoms with Crippen LogP contribution in [0.4, 0.5) is 19.0 Å². The maximum atomic E-state index is 13.0. The Morgan fingerprint density at radius 3 is 2.19 bits per heavy atom. The van der Waals surface area contributed by atoms with Crippen molar-refractivity contribution in [1.82, 2.24) is 24.4 Å². The predicted octanol–water partition coefficient (Wildman–Crippen LogP) is 6.09. The smallest absolute Gasteiger partial charge is 0.367 e. The summed E-state index contributed by atoms with van der Waals surface area (Å²) < 4.78 is 40.7. The summed E-state index contributed by atoms with van der Waals surface area (Å²) >= 11 is 0. The molecule has 4 rings (SSSR count). The fraction of sp³-hybridized carbons (Fsp3) is 0.370. The first-order valence-corrected chi connectivity index (χ1v) is 12.1. The summed E-state index contributed by atoms with van der Waals surface area (Å²) in [7, 11) is 0. The van der Waals surface area contributed by atoms with Gasteiger partial charge in [0.25, 0.3) is 0 Å². The van der Waals surface area contributed by atoms with Gasteiger partial charge in [0.2, 0.25) is 0 Å². The van der Waals surface area contributed by atoms with Crippen molar-refractivity contribution in [3.8, 4) is 11.4 Å². The zero-order chi connectivity index (χ0) is 25.9. The van der Waals surface area contributed by atoms with E-state index < -0.39 is 11.7 Å². The van der Waals surface area contributed by atoms with E-state index in [9.17, 15) is 13.2 Å². The summed E-state index contributed by atoms with van der Waals surface area (Å²) in [6.45, 7) is 10.6. The average molecular weight is 497 g/mol. The number of fused-ring (bicyclic) bond motifs is 1. The molecule has 0 aliphatic heterocycles. The molecule has 0 unspecified atom stereocenters. The number of aromatic nitrogens is 4. The van der Waals surface area contributed by atoms with E-state index in [2.05, 4.69) is 42.9 Å². The van der Waals surface area contributed by atoms with Gasteiger partial charge in [-0.2, -0.15) is 13.2 Å². The molecule has 0 atom stereocenters. The number of imidazole rings is 1. The summed E-state index contributed by atoms with van der Waals surface area (Å²) in [5, 5.41) is 3.45. The SMILES string of the molecule is CC(C)N(CCNc1nc(-c2ccccc2)nc2c1ncn2Cc1ccc(C(F)(F)F)cc1)C(C)C. The third-order valence-electron chi connectivity index (χ3n) is 6.12. The standard InChI is InChI=1S/C27H31F3N6/c1-18(2)36(19(3)4)15-14-31-25-23-26(34-24(33-25)21-8-6-5-7-9-21)35(17-32-23)16-20-10-12-22(13-11-20)27(28,29)30/h5-13,17-19H,14-16H2,1-4H3,(H,31,33,34). The number of anilines is 1. The summed E-state index contributed by atoms with van der Waals surface area (Å²) in [5.41, 5.74) is 2.17. The summed E-state index contributed by atoms with van der Waals surface area (Å²) in [4.78, 5) is 16.5. The van der Waals surface area contributed by atoms with Gasteiger partial charge >= 0.3 is 6.18 Å². The molecule has 0 fully saturated rings. The topological polar surface area (TPSA) is 58.9 Å². The third kappa shape index (κ3) is 5.84. The lowest BCUT2D eigenvalue weighted by Crippen LogP contribution is -2.40. The summed E-state index contributed by atoms with van der Waals surface area (Å²) in [6.07, 6.45) is -2.70. The van der Waals surface area contributed by atoms with Crippen LogP contribution in [0.5, 0.6) is 0 Å². The molecular formula is C27H31F3N6. The second-order valence-electron chi connectivity index (χ2n) is 9.35. The van der Waals surface area contributed by atoms with Gasteiger partial charge in [0.05, 0.1) is 18.4 Å². The van der Waals surface area contributed by atoms with Gasteiger partial charge in [-0.1, -0.05) is 42.5 Å². The van der Waals surface area contributed by atoms with E-state index in [0.717, 1.165) is 29.8 Å². The lowest BCUT2D eigenvalue weighted by molar-refractivity contribution is -0.137. The van der Waals surface area contributed by atoms with Crippen molar-refractivity contribution in [3.05, 3.63) is 72.1 Å². The molecule has 0 saturated carbocycles. The minimum absolute atomic E-state index is 0.341. The van der Waals surface area contributed by atoms with E-state index in [1.165, 1.54) is 12.1 Å². The van der Waals surface area contributed by atoms with Crippen molar-refractivity contribution in [2.24, 2.45) is 0 Å². The van der Waals surface area contributed by atoms with Crippen LogP contribution in [0.25, 0.3) is 22.6 Å². The van der Waals surface area contributed by atoms with E-state index in [-0.39, 0.29) is 0 Å². The molecule has 36 heavy (non-hydrogen) atoms. The molecule has 9 heteroatoms. The minimum Gasteiger partial charge on any atom is -0.367 e. The minimum atomic E-state index is -4.36. The molecule has 0 radical (unpaired) electrons. The van der Waals surface area contributed by atoms with Crippen LogP contribution in [0, 0.1) is 0 Å². The molecule has 0 amide bonds. The van der Waals surface area contributed by atoms with Gasteiger partial charge in [-0.25, -0.2) is 15.0 Å². The number of hydrogen-bond donors (Lipinski definition) is 1. The van der Waals surface area contributed by atoms with Crippen LogP contribution in [-0.4, -0.2) is 49.6 Å². The molecule has 4 aromatic rings. The Morgan fingerprint density at radius 2 is 1.58 bits per heavy atom. The maximum Gasteiger partial charge on any atom is 0.416 e. The average Bonchev–Trinajstić information content (AvgIpc) is 3.24. The Labute approximate surface area is 209 Å². The second kappa shape index (κ2) is 10.7. The molecule has 2 aromatic heterocycles. The highest BCUT2D eigenvalue weighted by Gasteiger charge is 2.30. The number of benzene rings is 2. The van der Waals surface area contributed by atoms with Crippen molar-refractivity contribution in [3.63, 3.8) is 0 Å². The number of halogens is 3. The Hall–Kier alpha value is -3.46. The Kier molecular flexibility index (Phi) is 7.59. The van der Waals surface area contributed by atoms with E-state index in [4.69, 9.17) is 9.97 Å². The highest BCUT2D eigenvalue weighted by Crippen LogP contribution is 2.30. The van der Waals surface area contributed by atoms with E-state index in [1.807, 2.05) is 34.9 Å². The van der Waals surface area contributed by atoms with E-state index >= 15 is 0 Å². The van der Waals surface area contributed by atoms with E-state index in [0.29, 0.717) is 48.0 Å². The first kappa shape index (κ1) is 25.6. The van der Waals surface area contributed by atoms with Crippen molar-refractivity contribution in [1.29, 1.82) is 0 Å². The summed E-state index contributed by atoms with van der Waals surface area (Å²) in [6, 6.07) is 15.7. The number of nitrogens with one attached hydrogen (secondary N) is 1. The second-order valence-corrected chi connectivity index (χ2v) is 9.35. The predicted molar refractivity (Wildman–Crippen MR) is 137 cm³/mol. The van der Waals surface area contributed by atoms with Gasteiger partial charge in [-0.3, -0.25) is 4.90 Å². The van der Waals surface area contributed by atoms with Crippen LogP contribution in [0.1, 0.15) is 38.8 Å². The zero-order valence-electron chi connectivity index (χ0n) is 20.9. The molecule has 0 aliphatic carbocycles. The number of rotatable bonds is 9. The maximum absolute atomic E-state index is 13.0. The van der Waals surface area contributed by atoms with Gasteiger partial charge in [0.1, 0.15) is 5.52 Å². The normalized spacial score (nSPS) is 12.3. The highest BCUT2D eigenvalue weighted by atomic mass is 19.4. The molecule has 0 bridgehead atoms. The van der Waals surface area contributed by atoms with Gasteiger partial charge in [0.15, 0.2) is 17.3 Å². The fourth-order valence-electron chi connectivity index (χ4n) is 4.31. The first-order chi connectivity index (χ1) is 17.1. The van der Waals surface area contributed by atoms with Crippen LogP contribution < -0.4 is 5.32 Å². The zero-order valence-corrected chi connectivity index (χ0v) is 20.9. The quantitative estimate of drug-likeness (QED) is 0.304. The number of hydrogen-bond acceptors (Lipinski definition) is 5. The van der Waals surface area contributed by atoms with Crippen molar-refractivity contribution in [2.75, 3.05) is 18.4 Å². The van der Waals surface area contributed by atoms with Crippen LogP contribution in [0.15, 0.2) is 60.9 Å². The number of alkyl halides is 3. The molecule has 0 spiro atoms. The first-order valence-electron chi connectivity index (χ1n) is 12.1. The van der Waals surface area contributed by atoms with Crippen molar-refractivity contribution >= 4 is 17.0 Å². The Balaban J connectivity index is 1.66. The van der Waals surface area contributed by atoms with Gasteiger partial charge < -0.3 is 9.88 Å². The van der Waals surface area contributed by atoms with Crippen LogP contribution >= 0.6 is 0 Å². The molecule has 1 N–H and O–H groups in total. The van der Waals surface area contributed by atoms with Crippen LogP contribution in [0.3, 0.4) is 0 Å². The van der Waals surface area contributed by atoms with Crippen molar-refractivity contribution < 1.29 is 13.2 Å². The fourth-order valence-corrected chi connectivity index (χ4v) is 4.31. The molecule has 6 nitrogen and oxygen atoms in total. The molecule has 2 heterocycles. The van der Waals surface area contributed by atoms with Crippen molar-refractivity contribution in [2.45, 2.75) is 52.5 Å². The lowest BCUT2D eigenvalue weighted by Gasteiger charge is -2.30. The monoisotopic (exact) mass is 496 g/mol. The Morgan fingerprint density at radius 1 is 0.917 bits per heavy atom. The molecular weight excluding hydrogens is 465 g/mol. The summed E-state index contributed by atoms with van der Waals surface area (Å²) in [5.74, 6) is 1.20. The third-order valence-corrected chi connectivity index (χ3v) is 6.12. The largest absolute Gasteiger partial charge is 0.416 e. The van der Waals surface area contributed by atoms with Gasteiger partial charge in [-0.15, -0.1) is 0 Å². The molecule has 2 aromatic carbocycles. The lowest BCUT2D eigenvalue weighted by atomic mass is 10.1. The molecule has 0 aliphatic rings. The Bertz CT molecular complexity index is 1270. The van der Waals surface area contributed by atoms with E-state index in [1.54, 1.807) is 6.33 Å². The van der Waals surface area contributed by atoms with Crippen LogP contribution in [0.2, 0.25) is 0 Å². The number of nitrogens with zero attached hydrogens (tertiary/aromatic N) is 5. The molecule has 190 valence electrons. The molecule has 0 saturated heterocycles. The van der Waals surface area contributed by atoms with Gasteiger partial charge in [0, 0.05) is 30.7 Å².